The van der Waals surface area contributed by atoms with E-state index in [0.717, 1.165) is 5.69 Å². The van der Waals surface area contributed by atoms with Gasteiger partial charge >= 0.3 is 5.97 Å². The van der Waals surface area contributed by atoms with Gasteiger partial charge < -0.3 is 14.7 Å². The molecule has 3 rings (SSSR count). The Morgan fingerprint density at radius 2 is 2.00 bits per heavy atom. The van der Waals surface area contributed by atoms with E-state index in [1.807, 2.05) is 30.3 Å². The third kappa shape index (κ3) is 3.21. The highest BCUT2D eigenvalue weighted by molar-refractivity contribution is 5.92. The SMILES string of the molecule is C[C@@H]1CN(C(=O)c2cn(-c3ccccc3)nn2)CC(C(=O)O)O1. The molecule has 1 aromatic carbocycles. The number of aromatic nitrogens is 3. The van der Waals surface area contributed by atoms with Crippen LogP contribution in [0.4, 0.5) is 0 Å². The van der Waals surface area contributed by atoms with Crippen LogP contribution in [0, 0.1) is 0 Å². The highest BCUT2D eigenvalue weighted by Crippen LogP contribution is 2.14. The molecule has 8 heteroatoms. The molecule has 1 fully saturated rings. The van der Waals surface area contributed by atoms with Gasteiger partial charge in [-0.25, -0.2) is 9.48 Å². The molecule has 1 saturated heterocycles. The van der Waals surface area contributed by atoms with Crippen LogP contribution in [0.1, 0.15) is 17.4 Å². The van der Waals surface area contributed by atoms with Crippen molar-refractivity contribution in [3.63, 3.8) is 0 Å². The highest BCUT2D eigenvalue weighted by atomic mass is 16.5. The van der Waals surface area contributed by atoms with Crippen LogP contribution in [0.25, 0.3) is 5.69 Å². The molecule has 0 radical (unpaired) electrons. The summed E-state index contributed by atoms with van der Waals surface area (Å²) in [6, 6.07) is 9.30. The summed E-state index contributed by atoms with van der Waals surface area (Å²) in [6.45, 7) is 2.05. The molecule has 0 bridgehead atoms. The Morgan fingerprint density at radius 1 is 1.26 bits per heavy atom. The van der Waals surface area contributed by atoms with Crippen molar-refractivity contribution in [3.8, 4) is 5.69 Å². The number of carboxylic acid groups (broad SMARTS) is 1. The minimum atomic E-state index is -1.08. The van der Waals surface area contributed by atoms with Gasteiger partial charge in [-0.15, -0.1) is 5.10 Å². The molecule has 120 valence electrons. The van der Waals surface area contributed by atoms with Gasteiger partial charge in [0.15, 0.2) is 11.8 Å². The van der Waals surface area contributed by atoms with Crippen LogP contribution in [-0.4, -0.2) is 62.2 Å². The van der Waals surface area contributed by atoms with E-state index in [9.17, 15) is 9.59 Å². The number of morpholine rings is 1. The molecule has 1 N–H and O–H groups in total. The largest absolute Gasteiger partial charge is 0.479 e. The molecule has 1 amide bonds. The fourth-order valence-electron chi connectivity index (χ4n) is 2.48. The van der Waals surface area contributed by atoms with Crippen molar-refractivity contribution in [2.45, 2.75) is 19.1 Å². The number of hydrogen-bond donors (Lipinski definition) is 1. The van der Waals surface area contributed by atoms with Crippen molar-refractivity contribution < 1.29 is 19.4 Å². The molecule has 0 spiro atoms. The van der Waals surface area contributed by atoms with Gasteiger partial charge in [0.25, 0.3) is 5.91 Å². The van der Waals surface area contributed by atoms with Crippen LogP contribution in [0.5, 0.6) is 0 Å². The Balaban J connectivity index is 1.78. The van der Waals surface area contributed by atoms with Gasteiger partial charge in [-0.05, 0) is 19.1 Å². The molecule has 23 heavy (non-hydrogen) atoms. The molecule has 0 aliphatic carbocycles. The summed E-state index contributed by atoms with van der Waals surface area (Å²) in [7, 11) is 0. The predicted molar refractivity (Wildman–Crippen MR) is 79.2 cm³/mol. The van der Waals surface area contributed by atoms with Crippen molar-refractivity contribution >= 4 is 11.9 Å². The summed E-state index contributed by atoms with van der Waals surface area (Å²) in [5.41, 5.74) is 0.963. The second-order valence-electron chi connectivity index (χ2n) is 5.37. The van der Waals surface area contributed by atoms with Gasteiger partial charge in [-0.2, -0.15) is 0 Å². The number of aliphatic carboxylic acids is 1. The van der Waals surface area contributed by atoms with E-state index < -0.39 is 12.1 Å². The Morgan fingerprint density at radius 3 is 2.70 bits per heavy atom. The first kappa shape index (κ1) is 15.2. The van der Waals surface area contributed by atoms with Gasteiger partial charge in [0.1, 0.15) is 0 Å². The van der Waals surface area contributed by atoms with E-state index >= 15 is 0 Å². The topological polar surface area (TPSA) is 97.6 Å². The fourth-order valence-corrected chi connectivity index (χ4v) is 2.48. The van der Waals surface area contributed by atoms with Crippen molar-refractivity contribution in [1.29, 1.82) is 0 Å². The van der Waals surface area contributed by atoms with Gasteiger partial charge in [0.2, 0.25) is 0 Å². The van der Waals surface area contributed by atoms with Gasteiger partial charge in [-0.3, -0.25) is 4.79 Å². The molecular weight excluding hydrogens is 300 g/mol. The number of carbonyl (C=O) groups is 2. The molecule has 2 aromatic rings. The summed E-state index contributed by atoms with van der Waals surface area (Å²) >= 11 is 0. The van der Waals surface area contributed by atoms with Crippen LogP contribution in [0.15, 0.2) is 36.5 Å². The lowest BCUT2D eigenvalue weighted by Crippen LogP contribution is -2.51. The monoisotopic (exact) mass is 316 g/mol. The second-order valence-corrected chi connectivity index (χ2v) is 5.37. The van der Waals surface area contributed by atoms with Crippen LogP contribution in [-0.2, 0) is 9.53 Å². The Bertz CT molecular complexity index is 715. The lowest BCUT2D eigenvalue weighted by molar-refractivity contribution is -0.160. The molecule has 1 aliphatic rings. The number of benzene rings is 1. The molecule has 2 heterocycles. The number of hydrogen-bond acceptors (Lipinski definition) is 5. The average Bonchev–Trinajstić information content (AvgIpc) is 3.04. The van der Waals surface area contributed by atoms with Gasteiger partial charge in [0.05, 0.1) is 24.5 Å². The van der Waals surface area contributed by atoms with E-state index in [2.05, 4.69) is 10.3 Å². The molecule has 2 atom stereocenters. The maximum atomic E-state index is 12.5. The first-order chi connectivity index (χ1) is 11.0. The lowest BCUT2D eigenvalue weighted by atomic mass is 10.2. The number of ether oxygens (including phenoxy) is 1. The van der Waals surface area contributed by atoms with Crippen LogP contribution < -0.4 is 0 Å². The Hall–Kier alpha value is -2.74. The molecule has 0 saturated carbocycles. The summed E-state index contributed by atoms with van der Waals surface area (Å²) in [4.78, 5) is 25.1. The van der Waals surface area contributed by atoms with Crippen molar-refractivity contribution in [2.24, 2.45) is 0 Å². The van der Waals surface area contributed by atoms with Gasteiger partial charge in [-0.1, -0.05) is 23.4 Å². The second kappa shape index (κ2) is 6.17. The van der Waals surface area contributed by atoms with Crippen LogP contribution in [0.3, 0.4) is 0 Å². The van der Waals surface area contributed by atoms with E-state index in [1.54, 1.807) is 6.92 Å². The van der Waals surface area contributed by atoms with Crippen molar-refractivity contribution in [1.82, 2.24) is 19.9 Å². The number of rotatable bonds is 3. The van der Waals surface area contributed by atoms with Crippen molar-refractivity contribution in [3.05, 3.63) is 42.2 Å². The van der Waals surface area contributed by atoms with Gasteiger partial charge in [0, 0.05) is 6.54 Å². The average molecular weight is 316 g/mol. The third-order valence-corrected chi connectivity index (χ3v) is 3.56. The summed E-state index contributed by atoms with van der Waals surface area (Å²) in [5.74, 6) is -1.43. The van der Waals surface area contributed by atoms with Crippen LogP contribution >= 0.6 is 0 Å². The lowest BCUT2D eigenvalue weighted by Gasteiger charge is -2.34. The first-order valence-corrected chi connectivity index (χ1v) is 7.20. The molecule has 1 aliphatic heterocycles. The number of para-hydroxylation sites is 1. The molecular formula is C15H16N4O4. The maximum absolute atomic E-state index is 12.5. The number of carbonyl (C=O) groups excluding carboxylic acids is 1. The van der Waals surface area contributed by atoms with Crippen LogP contribution in [0.2, 0.25) is 0 Å². The van der Waals surface area contributed by atoms with E-state index in [0.29, 0.717) is 6.54 Å². The summed E-state index contributed by atoms with van der Waals surface area (Å²) < 4.78 is 6.81. The Kier molecular flexibility index (Phi) is 4.07. The zero-order valence-corrected chi connectivity index (χ0v) is 12.5. The minimum Gasteiger partial charge on any atom is -0.479 e. The third-order valence-electron chi connectivity index (χ3n) is 3.56. The number of amides is 1. The first-order valence-electron chi connectivity index (χ1n) is 7.20. The summed E-state index contributed by atoms with van der Waals surface area (Å²) in [5, 5.41) is 16.9. The molecule has 8 nitrogen and oxygen atoms in total. The normalized spacial score (nSPS) is 21.2. The number of carboxylic acids is 1. The number of nitrogens with zero attached hydrogens (tertiary/aromatic N) is 4. The fraction of sp³-hybridized carbons (Fsp3) is 0.333. The summed E-state index contributed by atoms with van der Waals surface area (Å²) in [6.07, 6.45) is 0.165. The Labute approximate surface area is 132 Å². The van der Waals surface area contributed by atoms with E-state index in [1.165, 1.54) is 15.8 Å². The minimum absolute atomic E-state index is 0.00327. The van der Waals surface area contributed by atoms with E-state index in [-0.39, 0.29) is 24.2 Å². The molecule has 1 unspecified atom stereocenters. The predicted octanol–water partition coefficient (Wildman–Crippen LogP) is 0.581. The zero-order valence-electron chi connectivity index (χ0n) is 12.5. The maximum Gasteiger partial charge on any atom is 0.334 e. The smallest absolute Gasteiger partial charge is 0.334 e. The standard InChI is InChI=1S/C15H16N4O4/c1-10-7-18(9-13(23-10)15(21)22)14(20)12-8-19(17-16-12)11-5-3-2-4-6-11/h2-6,8,10,13H,7,9H2,1H3,(H,21,22)/t10-,13?/m1/s1. The quantitative estimate of drug-likeness (QED) is 0.889. The highest BCUT2D eigenvalue weighted by Gasteiger charge is 2.33. The molecule has 1 aromatic heterocycles. The van der Waals surface area contributed by atoms with E-state index in [4.69, 9.17) is 9.84 Å². The zero-order chi connectivity index (χ0) is 16.4. The van der Waals surface area contributed by atoms with Crippen molar-refractivity contribution in [2.75, 3.05) is 13.1 Å².